The first kappa shape index (κ1) is 18.4. The second-order valence-corrected chi connectivity index (χ2v) is 9.11. The minimum absolute atomic E-state index is 0.0333. The average molecular weight is 395 g/mol. The third-order valence-corrected chi connectivity index (χ3v) is 6.80. The molecule has 0 aromatic heterocycles. The third kappa shape index (κ3) is 3.68. The van der Waals surface area contributed by atoms with Gasteiger partial charge in [0.05, 0.1) is 5.57 Å². The van der Waals surface area contributed by atoms with Crippen molar-refractivity contribution in [3.63, 3.8) is 0 Å². The Morgan fingerprint density at radius 3 is 2.41 bits per heavy atom. The number of carbonyl (C=O) groups excluding carboxylic acids is 1. The summed E-state index contributed by atoms with van der Waals surface area (Å²) in [5.41, 5.74) is 1.39. The maximum absolute atomic E-state index is 13.3. The highest BCUT2D eigenvalue weighted by molar-refractivity contribution is 6.11. The van der Waals surface area contributed by atoms with E-state index in [9.17, 15) is 9.18 Å². The quantitative estimate of drug-likeness (QED) is 0.798. The number of benzene rings is 1. The molecule has 152 valence electrons. The molecule has 4 bridgehead atoms. The highest BCUT2D eigenvalue weighted by Gasteiger charge is 2.51. The molecule has 0 saturated heterocycles. The van der Waals surface area contributed by atoms with Gasteiger partial charge in [-0.2, -0.15) is 0 Å². The molecule has 29 heavy (non-hydrogen) atoms. The zero-order chi connectivity index (χ0) is 20.0. The van der Waals surface area contributed by atoms with Gasteiger partial charge in [-0.25, -0.2) is 9.38 Å². The SMILES string of the molecule is C=C1N=CC(c2ccc(F)cc2)=C(OCC(=O)NC23CC4CC(CC(C4)C2)C3)N1. The molecule has 4 fully saturated rings. The van der Waals surface area contributed by atoms with Gasteiger partial charge in [0, 0.05) is 11.8 Å². The maximum atomic E-state index is 13.3. The predicted molar refractivity (Wildman–Crippen MR) is 109 cm³/mol. The fourth-order valence-electron chi connectivity index (χ4n) is 6.11. The third-order valence-electron chi connectivity index (χ3n) is 6.80. The highest BCUT2D eigenvalue weighted by atomic mass is 19.1. The Labute approximate surface area is 170 Å². The fraction of sp³-hybridized carbons (Fsp3) is 0.478. The Balaban J connectivity index is 1.28. The maximum Gasteiger partial charge on any atom is 0.258 e. The summed E-state index contributed by atoms with van der Waals surface area (Å²) in [6, 6.07) is 6.09. The van der Waals surface area contributed by atoms with Crippen molar-refractivity contribution >= 4 is 17.7 Å². The lowest BCUT2D eigenvalue weighted by molar-refractivity contribution is -0.130. The molecule has 4 aliphatic carbocycles. The number of nitrogens with zero attached hydrogens (tertiary/aromatic N) is 1. The second kappa shape index (κ2) is 7.01. The van der Waals surface area contributed by atoms with E-state index in [1.165, 1.54) is 31.4 Å². The molecule has 1 amide bonds. The molecule has 5 aliphatic rings. The Morgan fingerprint density at radius 2 is 1.79 bits per heavy atom. The van der Waals surface area contributed by atoms with Gasteiger partial charge in [0.25, 0.3) is 5.91 Å². The van der Waals surface area contributed by atoms with E-state index in [-0.39, 0.29) is 23.9 Å². The number of amides is 1. The minimum atomic E-state index is -0.308. The van der Waals surface area contributed by atoms with Gasteiger partial charge in [-0.15, -0.1) is 0 Å². The Morgan fingerprint density at radius 1 is 1.17 bits per heavy atom. The normalized spacial score (nSPS) is 32.3. The number of nitrogens with one attached hydrogen (secondary N) is 2. The topological polar surface area (TPSA) is 62.7 Å². The predicted octanol–water partition coefficient (Wildman–Crippen LogP) is 3.74. The molecular formula is C23H26FN3O2. The molecule has 0 spiro atoms. The van der Waals surface area contributed by atoms with Crippen LogP contribution >= 0.6 is 0 Å². The second-order valence-electron chi connectivity index (χ2n) is 9.11. The molecular weight excluding hydrogens is 369 g/mol. The summed E-state index contributed by atoms with van der Waals surface area (Å²) in [7, 11) is 0. The molecule has 1 aliphatic heterocycles. The van der Waals surface area contributed by atoms with E-state index in [2.05, 4.69) is 22.2 Å². The lowest BCUT2D eigenvalue weighted by Gasteiger charge is -2.56. The summed E-state index contributed by atoms with van der Waals surface area (Å²) in [5, 5.41) is 6.30. The van der Waals surface area contributed by atoms with Crippen LogP contribution in [0.2, 0.25) is 0 Å². The molecule has 6 rings (SSSR count). The van der Waals surface area contributed by atoms with Crippen molar-refractivity contribution in [2.75, 3.05) is 6.61 Å². The summed E-state index contributed by atoms with van der Waals surface area (Å²) < 4.78 is 19.1. The summed E-state index contributed by atoms with van der Waals surface area (Å²) in [4.78, 5) is 16.9. The summed E-state index contributed by atoms with van der Waals surface area (Å²) in [6.07, 6.45) is 8.96. The van der Waals surface area contributed by atoms with Crippen molar-refractivity contribution in [1.29, 1.82) is 0 Å². The van der Waals surface area contributed by atoms with Crippen molar-refractivity contribution in [3.8, 4) is 0 Å². The van der Waals surface area contributed by atoms with Gasteiger partial charge in [-0.3, -0.25) is 4.79 Å². The molecule has 5 nitrogen and oxygen atoms in total. The first-order valence-electron chi connectivity index (χ1n) is 10.4. The van der Waals surface area contributed by atoms with Crippen LogP contribution in [0.25, 0.3) is 5.57 Å². The van der Waals surface area contributed by atoms with E-state index in [0.717, 1.165) is 42.6 Å². The lowest BCUT2D eigenvalue weighted by atomic mass is 9.53. The lowest BCUT2D eigenvalue weighted by Crippen LogP contribution is -2.60. The first-order chi connectivity index (χ1) is 14.0. The van der Waals surface area contributed by atoms with Crippen LogP contribution in [0.1, 0.15) is 44.1 Å². The van der Waals surface area contributed by atoms with Crippen molar-refractivity contribution < 1.29 is 13.9 Å². The Kier molecular flexibility index (Phi) is 4.45. The minimum Gasteiger partial charge on any atom is -0.468 e. The largest absolute Gasteiger partial charge is 0.468 e. The molecule has 6 heteroatoms. The molecule has 4 saturated carbocycles. The van der Waals surface area contributed by atoms with Crippen molar-refractivity contribution in [2.24, 2.45) is 22.7 Å². The monoisotopic (exact) mass is 395 g/mol. The number of allylic oxidation sites excluding steroid dienone is 1. The van der Waals surface area contributed by atoms with Crippen LogP contribution in [0.15, 0.2) is 47.5 Å². The van der Waals surface area contributed by atoms with Crippen LogP contribution in [0.3, 0.4) is 0 Å². The van der Waals surface area contributed by atoms with E-state index in [1.807, 2.05) is 0 Å². The summed E-state index contributed by atoms with van der Waals surface area (Å²) in [6.45, 7) is 3.72. The van der Waals surface area contributed by atoms with Crippen molar-refractivity contribution in [2.45, 2.75) is 44.1 Å². The molecule has 0 unspecified atom stereocenters. The van der Waals surface area contributed by atoms with Crippen LogP contribution < -0.4 is 10.6 Å². The van der Waals surface area contributed by atoms with E-state index in [4.69, 9.17) is 4.74 Å². The van der Waals surface area contributed by atoms with Crippen LogP contribution in [0.4, 0.5) is 4.39 Å². The molecule has 0 atom stereocenters. The van der Waals surface area contributed by atoms with Crippen molar-refractivity contribution in [1.82, 2.24) is 10.6 Å². The van der Waals surface area contributed by atoms with Gasteiger partial charge in [0.15, 0.2) is 6.61 Å². The van der Waals surface area contributed by atoms with Gasteiger partial charge in [-0.05, 0) is 74.0 Å². The molecule has 0 radical (unpaired) electrons. The zero-order valence-electron chi connectivity index (χ0n) is 16.4. The average Bonchev–Trinajstić information content (AvgIpc) is 2.66. The number of carbonyl (C=O) groups is 1. The number of ether oxygens (including phenoxy) is 1. The van der Waals surface area contributed by atoms with Gasteiger partial charge in [0.2, 0.25) is 5.88 Å². The Hall–Kier alpha value is -2.63. The first-order valence-corrected chi connectivity index (χ1v) is 10.4. The zero-order valence-corrected chi connectivity index (χ0v) is 16.4. The molecule has 2 N–H and O–H groups in total. The van der Waals surface area contributed by atoms with Gasteiger partial charge in [0.1, 0.15) is 11.6 Å². The molecule has 1 heterocycles. The standard InChI is InChI=1S/C23H26FN3O2/c1-14-25-12-20(18-2-4-19(24)5-3-18)22(26-14)29-13-21(28)27-23-9-15-6-16(10-23)8-17(7-15)11-23/h2-5,12,15-17,26H,1,6-11,13H2,(H,27,28). The number of aliphatic imine (C=N–C) groups is 1. The van der Waals surface area contributed by atoms with E-state index in [0.29, 0.717) is 17.3 Å². The summed E-state index contributed by atoms with van der Waals surface area (Å²) in [5.74, 6) is 2.77. The van der Waals surface area contributed by atoms with Gasteiger partial charge < -0.3 is 15.4 Å². The molecule has 1 aromatic carbocycles. The summed E-state index contributed by atoms with van der Waals surface area (Å²) >= 11 is 0. The van der Waals surface area contributed by atoms with Crippen LogP contribution in [0.5, 0.6) is 0 Å². The number of rotatable bonds is 5. The van der Waals surface area contributed by atoms with Crippen LogP contribution in [0, 0.1) is 23.6 Å². The smallest absolute Gasteiger partial charge is 0.258 e. The Bertz CT molecular complexity index is 868. The fourth-order valence-corrected chi connectivity index (χ4v) is 6.11. The van der Waals surface area contributed by atoms with Crippen LogP contribution in [-0.2, 0) is 9.53 Å². The number of halogens is 1. The van der Waals surface area contributed by atoms with E-state index < -0.39 is 0 Å². The highest BCUT2D eigenvalue weighted by Crippen LogP contribution is 2.55. The van der Waals surface area contributed by atoms with Crippen LogP contribution in [-0.4, -0.2) is 24.3 Å². The van der Waals surface area contributed by atoms with Crippen molar-refractivity contribution in [3.05, 3.63) is 53.9 Å². The van der Waals surface area contributed by atoms with E-state index >= 15 is 0 Å². The molecule has 1 aromatic rings. The number of hydrogen-bond acceptors (Lipinski definition) is 4. The van der Waals surface area contributed by atoms with Gasteiger partial charge in [-0.1, -0.05) is 18.7 Å². The van der Waals surface area contributed by atoms with Gasteiger partial charge >= 0.3 is 0 Å². The number of hydrogen-bond donors (Lipinski definition) is 2. The van der Waals surface area contributed by atoms with E-state index in [1.54, 1.807) is 18.3 Å².